The van der Waals surface area contributed by atoms with Gasteiger partial charge in [-0.2, -0.15) is 0 Å². The summed E-state index contributed by atoms with van der Waals surface area (Å²) in [6, 6.07) is 13.7. The number of rotatable bonds is 3. The van der Waals surface area contributed by atoms with E-state index in [2.05, 4.69) is 4.98 Å². The molecule has 0 amide bonds. The largest absolute Gasteiger partial charge is 0.497 e. The molecule has 0 bridgehead atoms. The van der Waals surface area contributed by atoms with Gasteiger partial charge in [-0.3, -0.25) is 0 Å². The standard InChI is InChI=1S/C17H14FNO2/c1-20-13-6-7-14-16(9-13)19-15(10-17(14)21-2)11-4-3-5-12(18)8-11/h3-10H,1-2H3. The van der Waals surface area contributed by atoms with Gasteiger partial charge in [-0.05, 0) is 24.3 Å². The summed E-state index contributed by atoms with van der Waals surface area (Å²) in [7, 11) is 3.21. The highest BCUT2D eigenvalue weighted by atomic mass is 19.1. The van der Waals surface area contributed by atoms with Gasteiger partial charge in [0.25, 0.3) is 0 Å². The molecule has 0 fully saturated rings. The van der Waals surface area contributed by atoms with Crippen LogP contribution >= 0.6 is 0 Å². The van der Waals surface area contributed by atoms with Gasteiger partial charge in [0.2, 0.25) is 0 Å². The first kappa shape index (κ1) is 13.4. The van der Waals surface area contributed by atoms with Gasteiger partial charge >= 0.3 is 0 Å². The molecule has 0 saturated carbocycles. The maximum Gasteiger partial charge on any atom is 0.130 e. The highest BCUT2D eigenvalue weighted by Crippen LogP contribution is 2.31. The van der Waals surface area contributed by atoms with Crippen LogP contribution < -0.4 is 9.47 Å². The number of methoxy groups -OCH3 is 2. The topological polar surface area (TPSA) is 31.4 Å². The molecule has 0 aliphatic rings. The average Bonchev–Trinajstić information content (AvgIpc) is 2.53. The number of aromatic nitrogens is 1. The lowest BCUT2D eigenvalue weighted by molar-refractivity contribution is 0.414. The van der Waals surface area contributed by atoms with Gasteiger partial charge in [-0.1, -0.05) is 12.1 Å². The third-order valence-electron chi connectivity index (χ3n) is 3.32. The molecule has 0 spiro atoms. The maximum absolute atomic E-state index is 13.4. The first-order valence-electron chi connectivity index (χ1n) is 6.50. The summed E-state index contributed by atoms with van der Waals surface area (Å²) in [6.07, 6.45) is 0. The van der Waals surface area contributed by atoms with E-state index in [-0.39, 0.29) is 5.82 Å². The highest BCUT2D eigenvalue weighted by Gasteiger charge is 2.09. The minimum Gasteiger partial charge on any atom is -0.497 e. The predicted octanol–water partition coefficient (Wildman–Crippen LogP) is 4.06. The molecule has 0 saturated heterocycles. The number of pyridine rings is 1. The average molecular weight is 283 g/mol. The van der Waals surface area contributed by atoms with E-state index in [1.54, 1.807) is 20.3 Å². The molecule has 1 heterocycles. The number of nitrogens with zero attached hydrogens (tertiary/aromatic N) is 1. The predicted molar refractivity (Wildman–Crippen MR) is 80.2 cm³/mol. The van der Waals surface area contributed by atoms with Crippen molar-refractivity contribution in [2.24, 2.45) is 0 Å². The van der Waals surface area contributed by atoms with Crippen LogP contribution in [0.2, 0.25) is 0 Å². The van der Waals surface area contributed by atoms with Gasteiger partial charge in [-0.25, -0.2) is 9.37 Å². The van der Waals surface area contributed by atoms with Crippen LogP contribution in [0, 0.1) is 5.82 Å². The quantitative estimate of drug-likeness (QED) is 0.726. The van der Waals surface area contributed by atoms with Crippen LogP contribution in [0.5, 0.6) is 11.5 Å². The number of hydrogen-bond donors (Lipinski definition) is 0. The fourth-order valence-electron chi connectivity index (χ4n) is 2.27. The Labute approximate surface area is 122 Å². The van der Waals surface area contributed by atoms with Crippen molar-refractivity contribution >= 4 is 10.9 Å². The molecule has 4 heteroatoms. The number of benzene rings is 2. The second-order valence-electron chi connectivity index (χ2n) is 4.60. The summed E-state index contributed by atoms with van der Waals surface area (Å²) >= 11 is 0. The Kier molecular flexibility index (Phi) is 3.44. The number of halogens is 1. The molecule has 3 nitrogen and oxygen atoms in total. The Morgan fingerprint density at radius 1 is 0.952 bits per heavy atom. The van der Waals surface area contributed by atoms with Crippen molar-refractivity contribution in [1.82, 2.24) is 4.98 Å². The Balaban J connectivity index is 2.24. The van der Waals surface area contributed by atoms with E-state index in [0.29, 0.717) is 22.8 Å². The van der Waals surface area contributed by atoms with E-state index in [1.165, 1.54) is 12.1 Å². The van der Waals surface area contributed by atoms with Crippen LogP contribution in [-0.2, 0) is 0 Å². The second-order valence-corrected chi connectivity index (χ2v) is 4.60. The second kappa shape index (κ2) is 5.40. The lowest BCUT2D eigenvalue weighted by Crippen LogP contribution is -1.92. The van der Waals surface area contributed by atoms with Crippen LogP contribution in [0.25, 0.3) is 22.2 Å². The molecular formula is C17H14FNO2. The van der Waals surface area contributed by atoms with Crippen molar-refractivity contribution in [3.05, 3.63) is 54.3 Å². The molecule has 0 N–H and O–H groups in total. The lowest BCUT2D eigenvalue weighted by atomic mass is 10.1. The van der Waals surface area contributed by atoms with Crippen molar-refractivity contribution in [3.63, 3.8) is 0 Å². The zero-order valence-corrected chi connectivity index (χ0v) is 11.8. The Morgan fingerprint density at radius 2 is 1.81 bits per heavy atom. The first-order valence-corrected chi connectivity index (χ1v) is 6.50. The van der Waals surface area contributed by atoms with E-state index < -0.39 is 0 Å². The molecule has 3 rings (SSSR count). The summed E-state index contributed by atoms with van der Waals surface area (Å²) in [6.45, 7) is 0. The Hall–Kier alpha value is -2.62. The summed E-state index contributed by atoms with van der Waals surface area (Å²) in [5.74, 6) is 1.12. The molecule has 0 aliphatic heterocycles. The molecule has 1 aromatic heterocycles. The number of fused-ring (bicyclic) bond motifs is 1. The minimum absolute atomic E-state index is 0.293. The highest BCUT2D eigenvalue weighted by molar-refractivity contribution is 5.89. The lowest BCUT2D eigenvalue weighted by Gasteiger charge is -2.10. The monoisotopic (exact) mass is 283 g/mol. The van der Waals surface area contributed by atoms with E-state index in [0.717, 1.165) is 10.9 Å². The fourth-order valence-corrected chi connectivity index (χ4v) is 2.27. The Bertz CT molecular complexity index is 802. The summed E-state index contributed by atoms with van der Waals surface area (Å²) in [5.41, 5.74) is 2.11. The van der Waals surface area contributed by atoms with Gasteiger partial charge in [0.05, 0.1) is 25.4 Å². The van der Waals surface area contributed by atoms with Crippen molar-refractivity contribution in [2.45, 2.75) is 0 Å². The van der Waals surface area contributed by atoms with Gasteiger partial charge in [0.15, 0.2) is 0 Å². The molecule has 0 aliphatic carbocycles. The van der Waals surface area contributed by atoms with Gasteiger partial charge in [0, 0.05) is 23.1 Å². The fraction of sp³-hybridized carbons (Fsp3) is 0.118. The minimum atomic E-state index is -0.293. The number of hydrogen-bond acceptors (Lipinski definition) is 3. The van der Waals surface area contributed by atoms with Crippen LogP contribution in [0.15, 0.2) is 48.5 Å². The normalized spacial score (nSPS) is 10.6. The van der Waals surface area contributed by atoms with E-state index in [4.69, 9.17) is 9.47 Å². The molecule has 0 unspecified atom stereocenters. The molecular weight excluding hydrogens is 269 g/mol. The van der Waals surface area contributed by atoms with Crippen molar-refractivity contribution in [3.8, 4) is 22.8 Å². The maximum atomic E-state index is 13.4. The SMILES string of the molecule is COc1ccc2c(OC)cc(-c3cccc(F)c3)nc2c1. The summed E-state index contributed by atoms with van der Waals surface area (Å²) < 4.78 is 24.0. The van der Waals surface area contributed by atoms with Gasteiger partial charge in [0.1, 0.15) is 17.3 Å². The van der Waals surface area contributed by atoms with Crippen LogP contribution in [0.3, 0.4) is 0 Å². The van der Waals surface area contributed by atoms with E-state index >= 15 is 0 Å². The van der Waals surface area contributed by atoms with E-state index in [9.17, 15) is 4.39 Å². The molecule has 21 heavy (non-hydrogen) atoms. The molecule has 3 aromatic rings. The Morgan fingerprint density at radius 3 is 2.52 bits per heavy atom. The van der Waals surface area contributed by atoms with E-state index in [1.807, 2.05) is 30.3 Å². The molecule has 0 atom stereocenters. The first-order chi connectivity index (χ1) is 10.2. The zero-order valence-electron chi connectivity index (χ0n) is 11.8. The zero-order chi connectivity index (χ0) is 14.8. The molecule has 0 radical (unpaired) electrons. The van der Waals surface area contributed by atoms with Gasteiger partial charge < -0.3 is 9.47 Å². The third-order valence-corrected chi connectivity index (χ3v) is 3.32. The summed E-state index contributed by atoms with van der Waals surface area (Å²) in [5, 5.41) is 0.887. The van der Waals surface area contributed by atoms with Crippen molar-refractivity contribution in [1.29, 1.82) is 0 Å². The van der Waals surface area contributed by atoms with Crippen LogP contribution in [0.4, 0.5) is 4.39 Å². The third kappa shape index (κ3) is 2.52. The van der Waals surface area contributed by atoms with Gasteiger partial charge in [-0.15, -0.1) is 0 Å². The summed E-state index contributed by atoms with van der Waals surface area (Å²) in [4.78, 5) is 4.58. The number of ether oxygens (including phenoxy) is 2. The molecule has 2 aromatic carbocycles. The smallest absolute Gasteiger partial charge is 0.130 e. The van der Waals surface area contributed by atoms with Crippen LogP contribution in [-0.4, -0.2) is 19.2 Å². The van der Waals surface area contributed by atoms with Crippen LogP contribution in [0.1, 0.15) is 0 Å². The van der Waals surface area contributed by atoms with Crippen molar-refractivity contribution < 1.29 is 13.9 Å². The van der Waals surface area contributed by atoms with Crippen molar-refractivity contribution in [2.75, 3.05) is 14.2 Å². The molecule has 106 valence electrons.